The van der Waals surface area contributed by atoms with E-state index in [1.54, 1.807) is 0 Å². The molecule has 0 bridgehead atoms. The summed E-state index contributed by atoms with van der Waals surface area (Å²) in [7, 11) is 0. The predicted octanol–water partition coefficient (Wildman–Crippen LogP) is 2.26. The molecule has 80 valence electrons. The molecule has 1 N–H and O–H groups in total. The average molecular weight is 213 g/mol. The van der Waals surface area contributed by atoms with E-state index in [2.05, 4.69) is 30.9 Å². The van der Waals surface area contributed by atoms with E-state index in [0.717, 1.165) is 26.1 Å². The van der Waals surface area contributed by atoms with Crippen molar-refractivity contribution in [1.29, 1.82) is 0 Å². The molecule has 0 atom stereocenters. The third kappa shape index (κ3) is 3.78. The van der Waals surface area contributed by atoms with Crippen LogP contribution >= 0.6 is 11.3 Å². The van der Waals surface area contributed by atoms with Gasteiger partial charge in [-0.3, -0.25) is 4.90 Å². The highest BCUT2D eigenvalue weighted by atomic mass is 32.1. The van der Waals surface area contributed by atoms with Gasteiger partial charge in [0.2, 0.25) is 0 Å². The van der Waals surface area contributed by atoms with Gasteiger partial charge in [0.25, 0.3) is 0 Å². The Labute approximate surface area is 90.2 Å². The van der Waals surface area contributed by atoms with Crippen molar-refractivity contribution in [2.45, 2.75) is 26.8 Å². The second-order valence-electron chi connectivity index (χ2n) is 3.51. The standard InChI is InChI=1S/C11H19NOS/c1-3-6-12(7-8-13)9-11-5-4-10(2)14-11/h4-5,13H,3,6-9H2,1-2H3. The lowest BCUT2D eigenvalue weighted by Crippen LogP contribution is -2.26. The van der Waals surface area contributed by atoms with Crippen LogP contribution in [0.15, 0.2) is 12.1 Å². The number of hydrogen-bond donors (Lipinski definition) is 1. The van der Waals surface area contributed by atoms with Crippen LogP contribution in [-0.4, -0.2) is 29.7 Å². The van der Waals surface area contributed by atoms with E-state index in [4.69, 9.17) is 5.11 Å². The van der Waals surface area contributed by atoms with Gasteiger partial charge < -0.3 is 5.11 Å². The van der Waals surface area contributed by atoms with Gasteiger partial charge in [-0.15, -0.1) is 11.3 Å². The number of thiophene rings is 1. The van der Waals surface area contributed by atoms with E-state index in [1.165, 1.54) is 9.75 Å². The molecule has 0 aromatic carbocycles. The summed E-state index contributed by atoms with van der Waals surface area (Å²) in [5, 5.41) is 8.91. The average Bonchev–Trinajstić information content (AvgIpc) is 2.52. The Hall–Kier alpha value is -0.380. The van der Waals surface area contributed by atoms with E-state index >= 15 is 0 Å². The molecular weight excluding hydrogens is 194 g/mol. The van der Waals surface area contributed by atoms with Crippen molar-refractivity contribution >= 4 is 11.3 Å². The van der Waals surface area contributed by atoms with Gasteiger partial charge >= 0.3 is 0 Å². The molecule has 14 heavy (non-hydrogen) atoms. The number of hydrogen-bond acceptors (Lipinski definition) is 3. The number of nitrogens with zero attached hydrogens (tertiary/aromatic N) is 1. The summed E-state index contributed by atoms with van der Waals surface area (Å²) in [6, 6.07) is 4.34. The van der Waals surface area contributed by atoms with Crippen molar-refractivity contribution in [2.24, 2.45) is 0 Å². The molecule has 0 aliphatic carbocycles. The summed E-state index contributed by atoms with van der Waals surface area (Å²) < 4.78 is 0. The number of rotatable bonds is 6. The third-order valence-corrected chi connectivity index (χ3v) is 3.12. The van der Waals surface area contributed by atoms with Gasteiger partial charge in [-0.2, -0.15) is 0 Å². The Morgan fingerprint density at radius 1 is 1.36 bits per heavy atom. The first kappa shape index (κ1) is 11.7. The molecule has 0 radical (unpaired) electrons. The molecule has 3 heteroatoms. The first-order valence-electron chi connectivity index (χ1n) is 5.14. The van der Waals surface area contributed by atoms with Crippen LogP contribution in [0.1, 0.15) is 23.1 Å². The Kier molecular flexibility index (Phi) is 5.15. The normalized spacial score (nSPS) is 11.1. The van der Waals surface area contributed by atoms with Gasteiger partial charge in [0.05, 0.1) is 6.61 Å². The molecule has 1 rings (SSSR count). The van der Waals surface area contributed by atoms with Crippen LogP contribution in [0, 0.1) is 6.92 Å². The van der Waals surface area contributed by atoms with Crippen LogP contribution in [0.2, 0.25) is 0 Å². The largest absolute Gasteiger partial charge is 0.395 e. The smallest absolute Gasteiger partial charge is 0.0558 e. The lowest BCUT2D eigenvalue weighted by atomic mass is 10.3. The minimum atomic E-state index is 0.254. The number of aliphatic hydroxyl groups excluding tert-OH is 1. The first-order chi connectivity index (χ1) is 6.76. The van der Waals surface area contributed by atoms with Crippen LogP contribution in [0.3, 0.4) is 0 Å². The third-order valence-electron chi connectivity index (χ3n) is 2.13. The molecule has 0 spiro atoms. The fourth-order valence-corrected chi connectivity index (χ4v) is 2.45. The van der Waals surface area contributed by atoms with Gasteiger partial charge in [0.1, 0.15) is 0 Å². The van der Waals surface area contributed by atoms with E-state index in [-0.39, 0.29) is 6.61 Å². The molecule has 0 fully saturated rings. The van der Waals surface area contributed by atoms with Gasteiger partial charge in [0, 0.05) is 22.8 Å². The van der Waals surface area contributed by atoms with Gasteiger partial charge in [-0.05, 0) is 32.0 Å². The summed E-state index contributed by atoms with van der Waals surface area (Å²) in [5.41, 5.74) is 0. The molecule has 0 amide bonds. The molecule has 0 saturated heterocycles. The fraction of sp³-hybridized carbons (Fsp3) is 0.636. The minimum absolute atomic E-state index is 0.254. The first-order valence-corrected chi connectivity index (χ1v) is 5.96. The van der Waals surface area contributed by atoms with Crippen molar-refractivity contribution in [3.05, 3.63) is 21.9 Å². The monoisotopic (exact) mass is 213 g/mol. The zero-order chi connectivity index (χ0) is 10.4. The van der Waals surface area contributed by atoms with Crippen molar-refractivity contribution in [3.8, 4) is 0 Å². The van der Waals surface area contributed by atoms with E-state index < -0.39 is 0 Å². The zero-order valence-electron chi connectivity index (χ0n) is 8.99. The zero-order valence-corrected chi connectivity index (χ0v) is 9.81. The van der Waals surface area contributed by atoms with E-state index in [1.807, 2.05) is 11.3 Å². The second kappa shape index (κ2) is 6.17. The second-order valence-corrected chi connectivity index (χ2v) is 4.88. The van der Waals surface area contributed by atoms with Gasteiger partial charge in [0.15, 0.2) is 0 Å². The maximum Gasteiger partial charge on any atom is 0.0558 e. The molecule has 2 nitrogen and oxygen atoms in total. The van der Waals surface area contributed by atoms with E-state index in [0.29, 0.717) is 0 Å². The molecule has 0 unspecified atom stereocenters. The summed E-state index contributed by atoms with van der Waals surface area (Å²) in [5.74, 6) is 0. The van der Waals surface area contributed by atoms with Crippen molar-refractivity contribution in [1.82, 2.24) is 4.90 Å². The van der Waals surface area contributed by atoms with Crippen molar-refractivity contribution < 1.29 is 5.11 Å². The van der Waals surface area contributed by atoms with Crippen LogP contribution in [-0.2, 0) is 6.54 Å². The summed E-state index contributed by atoms with van der Waals surface area (Å²) >= 11 is 1.84. The Morgan fingerprint density at radius 2 is 2.14 bits per heavy atom. The van der Waals surface area contributed by atoms with Crippen LogP contribution in [0.5, 0.6) is 0 Å². The summed E-state index contributed by atoms with van der Waals surface area (Å²) in [6.45, 7) is 7.38. The fourth-order valence-electron chi connectivity index (χ4n) is 1.52. The Morgan fingerprint density at radius 3 is 2.64 bits per heavy atom. The van der Waals surface area contributed by atoms with Gasteiger partial charge in [-0.1, -0.05) is 6.92 Å². The molecule has 0 aliphatic rings. The highest BCUT2D eigenvalue weighted by molar-refractivity contribution is 7.11. The Balaban J connectivity index is 2.46. The predicted molar refractivity (Wildman–Crippen MR) is 61.7 cm³/mol. The maximum atomic E-state index is 8.91. The van der Waals surface area contributed by atoms with Crippen LogP contribution in [0.25, 0.3) is 0 Å². The number of aryl methyl sites for hydroxylation is 1. The molecule has 1 aromatic heterocycles. The van der Waals surface area contributed by atoms with Crippen molar-refractivity contribution in [2.75, 3.05) is 19.7 Å². The summed E-state index contributed by atoms with van der Waals surface area (Å²) in [4.78, 5) is 5.05. The maximum absolute atomic E-state index is 8.91. The van der Waals surface area contributed by atoms with E-state index in [9.17, 15) is 0 Å². The number of aliphatic hydroxyl groups is 1. The minimum Gasteiger partial charge on any atom is -0.395 e. The lowest BCUT2D eigenvalue weighted by Gasteiger charge is -2.19. The lowest BCUT2D eigenvalue weighted by molar-refractivity contribution is 0.191. The highest BCUT2D eigenvalue weighted by Crippen LogP contribution is 2.16. The van der Waals surface area contributed by atoms with Crippen LogP contribution in [0.4, 0.5) is 0 Å². The molecular formula is C11H19NOS. The van der Waals surface area contributed by atoms with Gasteiger partial charge in [-0.25, -0.2) is 0 Å². The molecule has 0 saturated carbocycles. The molecule has 1 aromatic rings. The molecule has 0 aliphatic heterocycles. The topological polar surface area (TPSA) is 23.5 Å². The Bertz CT molecular complexity index is 254. The van der Waals surface area contributed by atoms with Crippen molar-refractivity contribution in [3.63, 3.8) is 0 Å². The quantitative estimate of drug-likeness (QED) is 0.783. The molecule has 1 heterocycles. The van der Waals surface area contributed by atoms with Crippen LogP contribution < -0.4 is 0 Å². The SMILES string of the molecule is CCCN(CCO)Cc1ccc(C)s1. The summed E-state index contributed by atoms with van der Waals surface area (Å²) in [6.07, 6.45) is 1.14. The highest BCUT2D eigenvalue weighted by Gasteiger charge is 2.05.